The van der Waals surface area contributed by atoms with Crippen LogP contribution in [0.1, 0.15) is 45.3 Å². The van der Waals surface area contributed by atoms with Gasteiger partial charge in [-0.3, -0.25) is 9.59 Å². The van der Waals surface area contributed by atoms with E-state index in [4.69, 9.17) is 9.15 Å². The minimum absolute atomic E-state index is 0.105. The largest absolute Gasteiger partial charge is 0.497 e. The van der Waals surface area contributed by atoms with E-state index in [0.717, 1.165) is 11.3 Å². The molecule has 170 valence electrons. The van der Waals surface area contributed by atoms with Crippen molar-refractivity contribution in [3.8, 4) is 5.75 Å². The first-order valence-corrected chi connectivity index (χ1v) is 10.8. The van der Waals surface area contributed by atoms with Crippen LogP contribution in [0.2, 0.25) is 0 Å². The molecule has 1 aliphatic rings. The van der Waals surface area contributed by atoms with Gasteiger partial charge in [-0.15, -0.1) is 0 Å². The molecule has 2 aromatic carbocycles. The van der Waals surface area contributed by atoms with Crippen molar-refractivity contribution in [2.24, 2.45) is 5.10 Å². The summed E-state index contributed by atoms with van der Waals surface area (Å²) >= 11 is 0. The van der Waals surface area contributed by atoms with Gasteiger partial charge in [-0.1, -0.05) is 12.1 Å². The van der Waals surface area contributed by atoms with E-state index in [9.17, 15) is 9.59 Å². The fourth-order valence-corrected chi connectivity index (χ4v) is 3.84. The highest BCUT2D eigenvalue weighted by Crippen LogP contribution is 2.33. The molecular weight excluding hydrogens is 418 g/mol. The normalized spacial score (nSPS) is 15.3. The van der Waals surface area contributed by atoms with Crippen molar-refractivity contribution >= 4 is 17.5 Å². The molecule has 0 saturated heterocycles. The first-order valence-electron chi connectivity index (χ1n) is 10.8. The molecule has 2 heterocycles. The zero-order valence-corrected chi connectivity index (χ0v) is 19.2. The summed E-state index contributed by atoms with van der Waals surface area (Å²) in [7, 11) is 3.18. The van der Waals surface area contributed by atoms with Crippen LogP contribution in [0, 0.1) is 13.8 Å². The molecule has 0 bridgehead atoms. The lowest BCUT2D eigenvalue weighted by Gasteiger charge is -2.23. The number of ether oxygens (including phenoxy) is 1. The molecule has 1 atom stereocenters. The van der Waals surface area contributed by atoms with Gasteiger partial charge in [-0.2, -0.15) is 5.10 Å². The average Bonchev–Trinajstić information content (AvgIpc) is 3.50. The summed E-state index contributed by atoms with van der Waals surface area (Å²) in [5.74, 6) is 0.796. The standard InChI is InChI=1S/C26H27N3O4/c1-17-7-8-20(14-18(17)2)22-15-23(24-6-5-13-33-24)29(27-22)25(30)16-28(3)26(31)19-9-11-21(32-4)12-10-19/h5-14,23H,15-16H2,1-4H3/t23-/m1/s1. The van der Waals surface area contributed by atoms with Gasteiger partial charge in [0.2, 0.25) is 0 Å². The summed E-state index contributed by atoms with van der Waals surface area (Å²) in [5.41, 5.74) is 4.64. The second-order valence-electron chi connectivity index (χ2n) is 8.21. The lowest BCUT2D eigenvalue weighted by molar-refractivity contribution is -0.133. The van der Waals surface area contributed by atoms with Crippen LogP contribution in [0.4, 0.5) is 0 Å². The van der Waals surface area contributed by atoms with Crippen LogP contribution in [0.25, 0.3) is 0 Å². The molecule has 4 rings (SSSR count). The minimum Gasteiger partial charge on any atom is -0.497 e. The molecule has 0 spiro atoms. The third-order valence-corrected chi connectivity index (χ3v) is 5.93. The summed E-state index contributed by atoms with van der Waals surface area (Å²) in [6.07, 6.45) is 2.13. The number of amides is 2. The highest BCUT2D eigenvalue weighted by Gasteiger charge is 2.35. The van der Waals surface area contributed by atoms with Gasteiger partial charge >= 0.3 is 0 Å². The number of hydrogen-bond acceptors (Lipinski definition) is 5. The summed E-state index contributed by atoms with van der Waals surface area (Å²) in [4.78, 5) is 27.5. The molecule has 7 nitrogen and oxygen atoms in total. The molecule has 1 aromatic heterocycles. The third kappa shape index (κ3) is 4.67. The van der Waals surface area contributed by atoms with Crippen LogP contribution in [0.15, 0.2) is 70.4 Å². The van der Waals surface area contributed by atoms with E-state index in [0.29, 0.717) is 23.5 Å². The van der Waals surface area contributed by atoms with Gasteiger partial charge in [0, 0.05) is 19.0 Å². The van der Waals surface area contributed by atoms with Crippen molar-refractivity contribution < 1.29 is 18.7 Å². The number of carbonyl (C=O) groups excluding carboxylic acids is 2. The molecule has 33 heavy (non-hydrogen) atoms. The van der Waals surface area contributed by atoms with E-state index in [1.807, 2.05) is 12.1 Å². The zero-order chi connectivity index (χ0) is 23.5. The van der Waals surface area contributed by atoms with Crippen LogP contribution in [-0.2, 0) is 4.79 Å². The van der Waals surface area contributed by atoms with E-state index >= 15 is 0 Å². The first kappa shape index (κ1) is 22.3. The molecule has 0 radical (unpaired) electrons. The van der Waals surface area contributed by atoms with E-state index in [2.05, 4.69) is 31.1 Å². The monoisotopic (exact) mass is 445 g/mol. The molecule has 0 unspecified atom stereocenters. The molecule has 0 fully saturated rings. The van der Waals surface area contributed by atoms with Gasteiger partial charge in [0.05, 0.1) is 19.1 Å². The molecule has 0 saturated carbocycles. The Labute approximate surface area is 193 Å². The molecular formula is C26H27N3O4. The van der Waals surface area contributed by atoms with Crippen molar-refractivity contribution in [3.05, 3.63) is 88.9 Å². The topological polar surface area (TPSA) is 75.3 Å². The van der Waals surface area contributed by atoms with Gasteiger partial charge in [0.15, 0.2) is 0 Å². The number of benzene rings is 2. The number of furan rings is 1. The van der Waals surface area contributed by atoms with Crippen molar-refractivity contribution in [1.29, 1.82) is 0 Å². The number of methoxy groups -OCH3 is 1. The van der Waals surface area contributed by atoms with Crippen LogP contribution in [0.5, 0.6) is 5.75 Å². The smallest absolute Gasteiger partial charge is 0.262 e. The number of likely N-dealkylation sites (N-methyl/N-ethyl adjacent to an activating group) is 1. The van der Waals surface area contributed by atoms with Crippen LogP contribution < -0.4 is 4.74 Å². The zero-order valence-electron chi connectivity index (χ0n) is 19.2. The molecule has 0 N–H and O–H groups in total. The number of carbonyl (C=O) groups is 2. The van der Waals surface area contributed by atoms with Crippen LogP contribution in [0.3, 0.4) is 0 Å². The quantitative estimate of drug-likeness (QED) is 0.565. The van der Waals surface area contributed by atoms with Crippen molar-refractivity contribution in [1.82, 2.24) is 9.91 Å². The fraction of sp³-hybridized carbons (Fsp3) is 0.269. The SMILES string of the molecule is COc1ccc(C(=O)N(C)CC(=O)N2N=C(c3ccc(C)c(C)c3)C[C@@H]2c2ccco2)cc1. The highest BCUT2D eigenvalue weighted by molar-refractivity contribution is 6.04. The Morgan fingerprint density at radius 2 is 1.88 bits per heavy atom. The van der Waals surface area contributed by atoms with Crippen molar-refractivity contribution in [3.63, 3.8) is 0 Å². The summed E-state index contributed by atoms with van der Waals surface area (Å²) in [5, 5.41) is 6.11. The van der Waals surface area contributed by atoms with E-state index in [1.54, 1.807) is 50.8 Å². The second kappa shape index (κ2) is 9.32. The van der Waals surface area contributed by atoms with Crippen molar-refractivity contribution in [2.75, 3.05) is 20.7 Å². The molecule has 7 heteroatoms. The van der Waals surface area contributed by atoms with E-state index in [-0.39, 0.29) is 24.4 Å². The Kier molecular flexibility index (Phi) is 6.31. The first-order chi connectivity index (χ1) is 15.9. The number of hydrazone groups is 1. The lowest BCUT2D eigenvalue weighted by Crippen LogP contribution is -2.39. The summed E-state index contributed by atoms with van der Waals surface area (Å²) in [6.45, 7) is 4.01. The molecule has 3 aromatic rings. The number of nitrogens with zero attached hydrogens (tertiary/aromatic N) is 3. The third-order valence-electron chi connectivity index (χ3n) is 5.93. The van der Waals surface area contributed by atoms with Gasteiger partial charge in [0.1, 0.15) is 24.1 Å². The Morgan fingerprint density at radius 1 is 1.12 bits per heavy atom. The van der Waals surface area contributed by atoms with Crippen molar-refractivity contribution in [2.45, 2.75) is 26.3 Å². The molecule has 0 aliphatic carbocycles. The Morgan fingerprint density at radius 3 is 2.52 bits per heavy atom. The van der Waals surface area contributed by atoms with E-state index in [1.165, 1.54) is 21.0 Å². The maximum atomic E-state index is 13.3. The molecule has 1 aliphatic heterocycles. The average molecular weight is 446 g/mol. The minimum atomic E-state index is -0.353. The Bertz CT molecular complexity index is 1180. The predicted octanol–water partition coefficient (Wildman–Crippen LogP) is 4.35. The van der Waals surface area contributed by atoms with Gasteiger partial charge in [-0.25, -0.2) is 5.01 Å². The number of rotatable bonds is 6. The fourth-order valence-electron chi connectivity index (χ4n) is 3.84. The maximum absolute atomic E-state index is 13.3. The lowest BCUT2D eigenvalue weighted by atomic mass is 9.99. The van der Waals surface area contributed by atoms with Crippen LogP contribution in [-0.4, -0.2) is 48.1 Å². The Balaban J connectivity index is 1.55. The number of aryl methyl sites for hydroxylation is 2. The Hall–Kier alpha value is -3.87. The molecule has 2 amide bonds. The van der Waals surface area contributed by atoms with Crippen LogP contribution >= 0.6 is 0 Å². The van der Waals surface area contributed by atoms with Gasteiger partial charge in [0.25, 0.3) is 11.8 Å². The highest BCUT2D eigenvalue weighted by atomic mass is 16.5. The van der Waals surface area contributed by atoms with Gasteiger partial charge in [-0.05, 0) is 73.0 Å². The maximum Gasteiger partial charge on any atom is 0.262 e. The predicted molar refractivity (Wildman–Crippen MR) is 125 cm³/mol. The van der Waals surface area contributed by atoms with Gasteiger partial charge < -0.3 is 14.1 Å². The summed E-state index contributed by atoms with van der Waals surface area (Å²) < 4.78 is 10.7. The summed E-state index contributed by atoms with van der Waals surface area (Å²) in [6, 6.07) is 16.2. The number of hydrogen-bond donors (Lipinski definition) is 0. The van der Waals surface area contributed by atoms with E-state index < -0.39 is 0 Å². The second-order valence-corrected chi connectivity index (χ2v) is 8.21.